The molecule has 0 amide bonds. The maximum Gasteiger partial charge on any atom is 0.137 e. The smallest absolute Gasteiger partial charge is 0.137 e. The molecule has 19 heavy (non-hydrogen) atoms. The van der Waals surface area contributed by atoms with E-state index in [1.54, 1.807) is 0 Å². The Morgan fingerprint density at radius 2 is 2.26 bits per heavy atom. The molecule has 2 fully saturated rings. The lowest BCUT2D eigenvalue weighted by Crippen LogP contribution is -2.14. The Bertz CT molecular complexity index is 558. The van der Waals surface area contributed by atoms with Crippen LogP contribution in [0.3, 0.4) is 0 Å². The Labute approximate surface area is 113 Å². The molecule has 0 spiro atoms. The number of rotatable bonds is 3. The second-order valence-electron chi connectivity index (χ2n) is 6.32. The lowest BCUT2D eigenvalue weighted by Gasteiger charge is -2.23. The van der Waals surface area contributed by atoms with Crippen LogP contribution in [0.25, 0.3) is 5.65 Å². The predicted molar refractivity (Wildman–Crippen MR) is 73.7 cm³/mol. The molecular formula is C16H20N2O. The molecule has 2 heterocycles. The fourth-order valence-corrected chi connectivity index (χ4v) is 4.19. The van der Waals surface area contributed by atoms with Crippen LogP contribution in [0.2, 0.25) is 0 Å². The molecule has 4 unspecified atom stereocenters. The minimum absolute atomic E-state index is 0.399. The number of hydrogen-bond acceptors (Lipinski definition) is 2. The second kappa shape index (κ2) is 4.34. The van der Waals surface area contributed by atoms with Gasteiger partial charge in [0.1, 0.15) is 5.65 Å². The summed E-state index contributed by atoms with van der Waals surface area (Å²) < 4.78 is 1.99. The third kappa shape index (κ3) is 1.96. The number of fused-ring (bicyclic) bond motifs is 3. The van der Waals surface area contributed by atoms with E-state index in [1.165, 1.54) is 25.7 Å². The highest BCUT2D eigenvalue weighted by Gasteiger charge is 2.40. The van der Waals surface area contributed by atoms with Crippen LogP contribution >= 0.6 is 0 Å². The van der Waals surface area contributed by atoms with E-state index in [1.807, 2.05) is 35.0 Å². The lowest BCUT2D eigenvalue weighted by atomic mass is 9.84. The Morgan fingerprint density at radius 1 is 1.32 bits per heavy atom. The maximum absolute atomic E-state index is 10.4. The first-order valence-corrected chi connectivity index (χ1v) is 7.41. The third-order valence-electron chi connectivity index (χ3n) is 5.13. The minimum Gasteiger partial charge on any atom is -0.387 e. The number of aliphatic hydroxyl groups is 1. The number of aromatic nitrogens is 2. The van der Waals surface area contributed by atoms with Gasteiger partial charge in [0, 0.05) is 12.4 Å². The van der Waals surface area contributed by atoms with E-state index in [9.17, 15) is 5.11 Å². The molecule has 2 bridgehead atoms. The summed E-state index contributed by atoms with van der Waals surface area (Å²) in [6.07, 6.45) is 9.98. The van der Waals surface area contributed by atoms with Gasteiger partial charge in [0.15, 0.2) is 0 Å². The number of hydrogen-bond donors (Lipinski definition) is 1. The molecule has 2 aromatic rings. The van der Waals surface area contributed by atoms with E-state index in [4.69, 9.17) is 0 Å². The van der Waals surface area contributed by atoms with E-state index in [2.05, 4.69) is 4.98 Å². The third-order valence-corrected chi connectivity index (χ3v) is 5.13. The summed E-state index contributed by atoms with van der Waals surface area (Å²) >= 11 is 0. The molecule has 100 valence electrons. The van der Waals surface area contributed by atoms with Crippen molar-refractivity contribution >= 4 is 5.65 Å². The monoisotopic (exact) mass is 256 g/mol. The largest absolute Gasteiger partial charge is 0.387 e. The molecule has 2 saturated carbocycles. The van der Waals surface area contributed by atoms with Crippen LogP contribution in [-0.4, -0.2) is 14.5 Å². The van der Waals surface area contributed by atoms with Crippen LogP contribution in [-0.2, 0) is 0 Å². The molecule has 0 saturated heterocycles. The standard InChI is InChI=1S/C16H20N2O/c19-15(9-13-8-11-4-5-12(13)7-11)14-10-18-6-2-1-3-16(18)17-14/h1-3,6,10-13,15,19H,4-5,7-9H2. The first kappa shape index (κ1) is 11.5. The Morgan fingerprint density at radius 3 is 3.00 bits per heavy atom. The average Bonchev–Trinajstić information content (AvgIpc) is 3.12. The Kier molecular flexibility index (Phi) is 2.62. The first-order chi connectivity index (χ1) is 9.29. The Hall–Kier alpha value is -1.35. The van der Waals surface area contributed by atoms with E-state index >= 15 is 0 Å². The molecule has 1 N–H and O–H groups in total. The molecule has 4 atom stereocenters. The number of pyridine rings is 1. The van der Waals surface area contributed by atoms with Gasteiger partial charge in [-0.15, -0.1) is 0 Å². The molecule has 0 aliphatic heterocycles. The van der Waals surface area contributed by atoms with Gasteiger partial charge in [0.2, 0.25) is 0 Å². The zero-order valence-corrected chi connectivity index (χ0v) is 11.1. The van der Waals surface area contributed by atoms with Gasteiger partial charge in [-0.25, -0.2) is 4.98 Å². The number of nitrogens with zero attached hydrogens (tertiary/aromatic N) is 2. The summed E-state index contributed by atoms with van der Waals surface area (Å²) in [5.74, 6) is 2.54. The zero-order valence-electron chi connectivity index (χ0n) is 11.1. The van der Waals surface area contributed by atoms with E-state index in [0.717, 1.165) is 35.5 Å². The zero-order chi connectivity index (χ0) is 12.8. The van der Waals surface area contributed by atoms with Crippen LogP contribution in [0.1, 0.15) is 43.9 Å². The number of imidazole rings is 1. The summed E-state index contributed by atoms with van der Waals surface area (Å²) in [5.41, 5.74) is 1.75. The van der Waals surface area contributed by atoms with Crippen LogP contribution in [0.4, 0.5) is 0 Å². The molecule has 2 aliphatic rings. The van der Waals surface area contributed by atoms with E-state index in [-0.39, 0.29) is 0 Å². The van der Waals surface area contributed by atoms with Crippen LogP contribution in [0.15, 0.2) is 30.6 Å². The Balaban J connectivity index is 1.52. The van der Waals surface area contributed by atoms with E-state index < -0.39 is 6.10 Å². The summed E-state index contributed by atoms with van der Waals surface area (Å²) in [6, 6.07) is 5.95. The van der Waals surface area contributed by atoms with Gasteiger partial charge in [-0.2, -0.15) is 0 Å². The highest BCUT2D eigenvalue weighted by atomic mass is 16.3. The highest BCUT2D eigenvalue weighted by Crippen LogP contribution is 2.50. The van der Waals surface area contributed by atoms with Gasteiger partial charge in [-0.1, -0.05) is 12.5 Å². The summed E-state index contributed by atoms with van der Waals surface area (Å²) in [6.45, 7) is 0. The summed E-state index contributed by atoms with van der Waals surface area (Å²) in [5, 5.41) is 10.4. The second-order valence-corrected chi connectivity index (χ2v) is 6.32. The van der Waals surface area contributed by atoms with E-state index in [0.29, 0.717) is 0 Å². The van der Waals surface area contributed by atoms with Crippen molar-refractivity contribution in [2.24, 2.45) is 17.8 Å². The molecule has 4 rings (SSSR count). The van der Waals surface area contributed by atoms with Gasteiger partial charge >= 0.3 is 0 Å². The van der Waals surface area contributed by atoms with Gasteiger partial charge in [0.05, 0.1) is 11.8 Å². The van der Waals surface area contributed by atoms with Crippen molar-refractivity contribution in [3.05, 3.63) is 36.3 Å². The first-order valence-electron chi connectivity index (χ1n) is 7.41. The predicted octanol–water partition coefficient (Wildman–Crippen LogP) is 3.19. The molecular weight excluding hydrogens is 236 g/mol. The van der Waals surface area contributed by atoms with Crippen molar-refractivity contribution in [2.75, 3.05) is 0 Å². The quantitative estimate of drug-likeness (QED) is 0.915. The van der Waals surface area contributed by atoms with Crippen LogP contribution in [0.5, 0.6) is 0 Å². The van der Waals surface area contributed by atoms with Crippen molar-refractivity contribution in [1.29, 1.82) is 0 Å². The molecule has 2 aliphatic carbocycles. The van der Waals surface area contributed by atoms with Crippen LogP contribution in [0, 0.1) is 17.8 Å². The molecule has 3 heteroatoms. The minimum atomic E-state index is -0.399. The van der Waals surface area contributed by atoms with Crippen molar-refractivity contribution in [3.63, 3.8) is 0 Å². The fourth-order valence-electron chi connectivity index (χ4n) is 4.19. The maximum atomic E-state index is 10.4. The number of aliphatic hydroxyl groups excluding tert-OH is 1. The fraction of sp³-hybridized carbons (Fsp3) is 0.562. The van der Waals surface area contributed by atoms with Gasteiger partial charge in [0.25, 0.3) is 0 Å². The van der Waals surface area contributed by atoms with Gasteiger partial charge in [-0.05, 0) is 55.6 Å². The normalized spacial score (nSPS) is 31.1. The van der Waals surface area contributed by atoms with Crippen molar-refractivity contribution in [1.82, 2.24) is 9.38 Å². The topological polar surface area (TPSA) is 37.5 Å². The summed E-state index contributed by atoms with van der Waals surface area (Å²) in [7, 11) is 0. The van der Waals surface area contributed by atoms with Crippen molar-refractivity contribution in [2.45, 2.75) is 38.2 Å². The average molecular weight is 256 g/mol. The molecule has 3 nitrogen and oxygen atoms in total. The van der Waals surface area contributed by atoms with Crippen LogP contribution < -0.4 is 0 Å². The van der Waals surface area contributed by atoms with Crippen molar-refractivity contribution in [3.8, 4) is 0 Å². The van der Waals surface area contributed by atoms with Crippen molar-refractivity contribution < 1.29 is 5.11 Å². The molecule has 2 aromatic heterocycles. The van der Waals surface area contributed by atoms with Gasteiger partial charge in [-0.3, -0.25) is 0 Å². The SMILES string of the molecule is OC(CC1CC2CCC1C2)c1cn2ccccc2n1. The highest BCUT2D eigenvalue weighted by molar-refractivity contribution is 5.39. The van der Waals surface area contributed by atoms with Gasteiger partial charge < -0.3 is 9.51 Å². The molecule has 0 aromatic carbocycles. The summed E-state index contributed by atoms with van der Waals surface area (Å²) in [4.78, 5) is 4.53. The lowest BCUT2D eigenvalue weighted by molar-refractivity contribution is 0.122. The molecule has 0 radical (unpaired) electrons.